The molecule has 7 heteroatoms. The van der Waals surface area contributed by atoms with Crippen LogP contribution in [-0.2, 0) is 11.3 Å². The lowest BCUT2D eigenvalue weighted by Crippen LogP contribution is -2.67. The quantitative estimate of drug-likeness (QED) is 0.814. The van der Waals surface area contributed by atoms with Crippen LogP contribution in [0.5, 0.6) is 0 Å². The van der Waals surface area contributed by atoms with E-state index in [9.17, 15) is 4.79 Å². The van der Waals surface area contributed by atoms with Crippen LogP contribution in [-0.4, -0.2) is 61.7 Å². The largest absolute Gasteiger partial charge is 0.444 e. The fourth-order valence-electron chi connectivity index (χ4n) is 4.14. The SMILES string of the molecule is CC(C)(C)OC(=O)N1CCCC2(CCN2Cc2cnn(-c3ccccc3)n2)C1. The minimum Gasteiger partial charge on any atom is -0.444 e. The smallest absolute Gasteiger partial charge is 0.410 e. The van der Waals surface area contributed by atoms with Crippen LogP contribution in [0.4, 0.5) is 4.79 Å². The number of para-hydroxylation sites is 1. The molecule has 3 heterocycles. The average Bonchev–Trinajstić information content (AvgIpc) is 3.14. The van der Waals surface area contributed by atoms with E-state index in [1.54, 1.807) is 4.80 Å². The second kappa shape index (κ2) is 7.20. The summed E-state index contributed by atoms with van der Waals surface area (Å²) in [7, 11) is 0. The molecule has 1 unspecified atom stereocenters. The van der Waals surface area contributed by atoms with Gasteiger partial charge in [-0.15, -0.1) is 0 Å². The van der Waals surface area contributed by atoms with Crippen LogP contribution in [0.1, 0.15) is 45.7 Å². The summed E-state index contributed by atoms with van der Waals surface area (Å²) in [6.07, 6.45) is 4.87. The van der Waals surface area contributed by atoms with E-state index in [4.69, 9.17) is 4.74 Å². The summed E-state index contributed by atoms with van der Waals surface area (Å²) < 4.78 is 5.59. The first-order valence-electron chi connectivity index (χ1n) is 10.0. The molecule has 4 rings (SSSR count). The Morgan fingerprint density at radius 3 is 2.64 bits per heavy atom. The molecular formula is C21H29N5O2. The van der Waals surface area contributed by atoms with Crippen molar-refractivity contribution in [3.05, 3.63) is 42.2 Å². The third kappa shape index (κ3) is 3.90. The van der Waals surface area contributed by atoms with Crippen molar-refractivity contribution in [2.24, 2.45) is 0 Å². The fourth-order valence-corrected chi connectivity index (χ4v) is 4.14. The molecule has 0 saturated carbocycles. The molecule has 0 aliphatic carbocycles. The van der Waals surface area contributed by atoms with E-state index in [-0.39, 0.29) is 11.6 Å². The molecule has 1 aromatic heterocycles. The highest BCUT2D eigenvalue weighted by molar-refractivity contribution is 5.68. The summed E-state index contributed by atoms with van der Waals surface area (Å²) in [6, 6.07) is 9.94. The van der Waals surface area contributed by atoms with Crippen molar-refractivity contribution in [3.8, 4) is 5.69 Å². The molecule has 0 radical (unpaired) electrons. The molecule has 2 aromatic rings. The molecular weight excluding hydrogens is 354 g/mol. The molecule has 1 aromatic carbocycles. The number of hydrogen-bond acceptors (Lipinski definition) is 5. The van der Waals surface area contributed by atoms with Crippen LogP contribution in [0.2, 0.25) is 0 Å². The molecule has 2 fully saturated rings. The van der Waals surface area contributed by atoms with E-state index >= 15 is 0 Å². The van der Waals surface area contributed by atoms with Gasteiger partial charge in [-0.2, -0.15) is 15.0 Å². The number of amides is 1. The lowest BCUT2D eigenvalue weighted by atomic mass is 9.77. The van der Waals surface area contributed by atoms with Crippen LogP contribution in [0.25, 0.3) is 5.69 Å². The zero-order valence-electron chi connectivity index (χ0n) is 17.0. The van der Waals surface area contributed by atoms with Crippen molar-refractivity contribution in [3.63, 3.8) is 0 Å². The van der Waals surface area contributed by atoms with Gasteiger partial charge in [0, 0.05) is 31.7 Å². The van der Waals surface area contributed by atoms with Crippen molar-refractivity contribution < 1.29 is 9.53 Å². The maximum absolute atomic E-state index is 12.5. The number of nitrogens with zero attached hydrogens (tertiary/aromatic N) is 5. The normalized spacial score (nSPS) is 22.9. The highest BCUT2D eigenvalue weighted by Gasteiger charge is 2.48. The molecule has 28 heavy (non-hydrogen) atoms. The molecule has 1 atom stereocenters. The maximum Gasteiger partial charge on any atom is 0.410 e. The topological polar surface area (TPSA) is 63.5 Å². The van der Waals surface area contributed by atoms with E-state index in [0.717, 1.165) is 56.8 Å². The Morgan fingerprint density at radius 1 is 1.18 bits per heavy atom. The van der Waals surface area contributed by atoms with Crippen LogP contribution in [0, 0.1) is 0 Å². The molecule has 2 saturated heterocycles. The number of piperidine rings is 1. The molecule has 150 valence electrons. The summed E-state index contributed by atoms with van der Waals surface area (Å²) >= 11 is 0. The Morgan fingerprint density at radius 2 is 1.96 bits per heavy atom. The van der Waals surface area contributed by atoms with Crippen molar-refractivity contribution in [2.45, 2.75) is 57.7 Å². The van der Waals surface area contributed by atoms with E-state index in [1.807, 2.05) is 62.2 Å². The van der Waals surface area contributed by atoms with Gasteiger partial charge >= 0.3 is 6.09 Å². The number of hydrogen-bond donors (Lipinski definition) is 0. The van der Waals surface area contributed by atoms with Gasteiger partial charge in [0.25, 0.3) is 0 Å². The Kier molecular flexibility index (Phi) is 4.87. The molecule has 0 bridgehead atoms. The van der Waals surface area contributed by atoms with E-state index in [2.05, 4.69) is 15.1 Å². The van der Waals surface area contributed by atoms with Crippen molar-refractivity contribution in [1.29, 1.82) is 0 Å². The van der Waals surface area contributed by atoms with Crippen LogP contribution >= 0.6 is 0 Å². The number of carbonyl (C=O) groups is 1. The molecule has 2 aliphatic heterocycles. The summed E-state index contributed by atoms with van der Waals surface area (Å²) in [5.41, 5.74) is 1.50. The number of ether oxygens (including phenoxy) is 1. The predicted octanol–water partition coefficient (Wildman–Crippen LogP) is 3.24. The van der Waals surface area contributed by atoms with Crippen LogP contribution in [0.15, 0.2) is 36.5 Å². The minimum absolute atomic E-state index is 0.0473. The maximum atomic E-state index is 12.5. The predicted molar refractivity (Wildman–Crippen MR) is 106 cm³/mol. The van der Waals surface area contributed by atoms with Gasteiger partial charge in [-0.1, -0.05) is 18.2 Å². The van der Waals surface area contributed by atoms with Crippen molar-refractivity contribution >= 4 is 6.09 Å². The summed E-state index contributed by atoms with van der Waals surface area (Å²) in [5, 5.41) is 9.05. The first-order valence-corrected chi connectivity index (χ1v) is 10.0. The van der Waals surface area contributed by atoms with Crippen molar-refractivity contribution in [1.82, 2.24) is 24.8 Å². The molecule has 0 N–H and O–H groups in total. The second-order valence-corrected chi connectivity index (χ2v) is 8.86. The van der Waals surface area contributed by atoms with Gasteiger partial charge in [-0.3, -0.25) is 4.90 Å². The van der Waals surface area contributed by atoms with Crippen LogP contribution in [0.3, 0.4) is 0 Å². The summed E-state index contributed by atoms with van der Waals surface area (Å²) in [5.74, 6) is 0. The number of carbonyl (C=O) groups excluding carboxylic acids is 1. The second-order valence-electron chi connectivity index (χ2n) is 8.86. The lowest BCUT2D eigenvalue weighted by Gasteiger charge is -2.56. The average molecular weight is 383 g/mol. The first kappa shape index (κ1) is 18.9. The Bertz CT molecular complexity index is 829. The van der Waals surface area contributed by atoms with Crippen LogP contribution < -0.4 is 0 Å². The molecule has 7 nitrogen and oxygen atoms in total. The lowest BCUT2D eigenvalue weighted by molar-refractivity contribution is -0.0750. The summed E-state index contributed by atoms with van der Waals surface area (Å²) in [4.78, 5) is 18.5. The van der Waals surface area contributed by atoms with Gasteiger partial charge in [0.05, 0.1) is 17.6 Å². The summed E-state index contributed by atoms with van der Waals surface area (Å²) in [6.45, 7) is 9.03. The monoisotopic (exact) mass is 383 g/mol. The number of aromatic nitrogens is 3. The van der Waals surface area contributed by atoms with Gasteiger partial charge in [-0.25, -0.2) is 4.79 Å². The van der Waals surface area contributed by atoms with E-state index in [1.165, 1.54) is 0 Å². The first-order chi connectivity index (χ1) is 13.3. The standard InChI is InChI=1S/C21H29N5O2/c1-20(2,3)28-19(27)24-12-7-10-21(16-24)11-13-25(21)15-17-14-22-26(23-17)18-8-5-4-6-9-18/h4-6,8-9,14H,7,10-13,15-16H2,1-3H3. The molecule has 1 amide bonds. The van der Waals surface area contributed by atoms with Gasteiger partial charge in [0.15, 0.2) is 0 Å². The number of benzene rings is 1. The highest BCUT2D eigenvalue weighted by atomic mass is 16.6. The van der Waals surface area contributed by atoms with E-state index in [0.29, 0.717) is 0 Å². The Labute approximate surface area is 166 Å². The third-order valence-corrected chi connectivity index (χ3v) is 5.60. The highest BCUT2D eigenvalue weighted by Crippen LogP contribution is 2.39. The van der Waals surface area contributed by atoms with Gasteiger partial charge in [-0.05, 0) is 52.2 Å². The van der Waals surface area contributed by atoms with Gasteiger partial charge in [0.1, 0.15) is 5.60 Å². The molecule has 2 aliphatic rings. The third-order valence-electron chi connectivity index (χ3n) is 5.60. The number of likely N-dealkylation sites (tertiary alicyclic amines) is 2. The Hall–Kier alpha value is -2.41. The van der Waals surface area contributed by atoms with Crippen molar-refractivity contribution in [2.75, 3.05) is 19.6 Å². The van der Waals surface area contributed by atoms with E-state index < -0.39 is 5.60 Å². The minimum atomic E-state index is -0.461. The van der Waals surface area contributed by atoms with Gasteiger partial charge in [0.2, 0.25) is 0 Å². The zero-order chi connectivity index (χ0) is 19.8. The molecule has 1 spiro atoms. The fraction of sp³-hybridized carbons (Fsp3) is 0.571. The zero-order valence-corrected chi connectivity index (χ0v) is 17.0. The Balaban J connectivity index is 1.41. The van der Waals surface area contributed by atoms with Gasteiger partial charge < -0.3 is 9.64 Å². The number of rotatable bonds is 3.